The van der Waals surface area contributed by atoms with Gasteiger partial charge in [-0.15, -0.1) is 0 Å². The van der Waals surface area contributed by atoms with Crippen LogP contribution in [0.25, 0.3) is 11.5 Å². The molecule has 0 unspecified atom stereocenters. The summed E-state index contributed by atoms with van der Waals surface area (Å²) in [7, 11) is 0. The van der Waals surface area contributed by atoms with E-state index in [0.717, 1.165) is 32.1 Å². The molecule has 3 aromatic carbocycles. The molecule has 232 valence electrons. The van der Waals surface area contributed by atoms with Crippen molar-refractivity contribution in [3.05, 3.63) is 85.6 Å². The van der Waals surface area contributed by atoms with E-state index in [0.29, 0.717) is 51.7 Å². The van der Waals surface area contributed by atoms with Crippen molar-refractivity contribution in [2.45, 2.75) is 39.0 Å². The van der Waals surface area contributed by atoms with Crippen LogP contribution < -0.4 is 14.8 Å². The maximum absolute atomic E-state index is 11.5. The normalized spacial score (nSPS) is 10.9. The van der Waals surface area contributed by atoms with E-state index < -0.39 is 11.9 Å². The number of para-hydroxylation sites is 1. The number of aromatic nitrogens is 1. The Labute approximate surface area is 273 Å². The highest BCUT2D eigenvalue weighted by Gasteiger charge is 2.19. The Balaban J connectivity index is 1.17. The number of rotatable bonds is 15. The third kappa shape index (κ3) is 8.51. The summed E-state index contributed by atoms with van der Waals surface area (Å²) in [6.07, 6.45) is 4.37. The van der Waals surface area contributed by atoms with Crippen LogP contribution in [0.15, 0.2) is 52.9 Å². The summed E-state index contributed by atoms with van der Waals surface area (Å²) in [4.78, 5) is 26.7. The van der Waals surface area contributed by atoms with E-state index in [1.807, 2.05) is 0 Å². The maximum atomic E-state index is 11.5. The Hall–Kier alpha value is -3.63. The van der Waals surface area contributed by atoms with E-state index in [4.69, 9.17) is 60.3 Å². The molecule has 4 aromatic rings. The van der Waals surface area contributed by atoms with Crippen LogP contribution in [0.1, 0.15) is 58.7 Å². The average molecular weight is 682 g/mol. The van der Waals surface area contributed by atoms with Crippen LogP contribution >= 0.6 is 46.4 Å². The Bertz CT molecular complexity index is 1610. The lowest BCUT2D eigenvalue weighted by molar-refractivity contribution is 0.0682. The molecule has 0 aliphatic rings. The molecule has 9 nitrogen and oxygen atoms in total. The number of carboxylic acid groups (broad SMARTS) is 2. The molecule has 44 heavy (non-hydrogen) atoms. The summed E-state index contributed by atoms with van der Waals surface area (Å²) < 4.78 is 17.1. The molecule has 0 saturated carbocycles. The van der Waals surface area contributed by atoms with Crippen molar-refractivity contribution in [1.82, 2.24) is 4.98 Å². The number of unbranched alkanes of at least 4 members (excludes halogenated alkanes) is 4. The summed E-state index contributed by atoms with van der Waals surface area (Å²) in [5.41, 5.74) is 1.37. The van der Waals surface area contributed by atoms with Gasteiger partial charge in [0.1, 0.15) is 5.76 Å². The molecule has 13 heteroatoms. The zero-order valence-electron chi connectivity index (χ0n) is 23.5. The van der Waals surface area contributed by atoms with Gasteiger partial charge in [0.2, 0.25) is 5.89 Å². The first-order chi connectivity index (χ1) is 21.0. The predicted octanol–water partition coefficient (Wildman–Crippen LogP) is 9.81. The second-order valence-electron chi connectivity index (χ2n) is 9.71. The van der Waals surface area contributed by atoms with Gasteiger partial charge in [0.05, 0.1) is 44.6 Å². The van der Waals surface area contributed by atoms with Crippen molar-refractivity contribution in [2.75, 3.05) is 18.5 Å². The Morgan fingerprint density at radius 3 is 1.84 bits per heavy atom. The first-order valence-corrected chi connectivity index (χ1v) is 15.1. The van der Waals surface area contributed by atoms with Crippen LogP contribution in [0.5, 0.6) is 11.5 Å². The van der Waals surface area contributed by atoms with Crippen LogP contribution in [0.4, 0.5) is 11.4 Å². The van der Waals surface area contributed by atoms with Crippen molar-refractivity contribution >= 4 is 69.7 Å². The molecule has 0 radical (unpaired) electrons. The van der Waals surface area contributed by atoms with E-state index in [9.17, 15) is 19.8 Å². The Morgan fingerprint density at radius 2 is 1.32 bits per heavy atom. The van der Waals surface area contributed by atoms with Crippen LogP contribution in [-0.2, 0) is 0 Å². The molecule has 0 aliphatic heterocycles. The summed E-state index contributed by atoms with van der Waals surface area (Å²) in [6.45, 7) is 2.36. The lowest BCUT2D eigenvalue weighted by Crippen LogP contribution is -2.03. The van der Waals surface area contributed by atoms with Gasteiger partial charge in [0.15, 0.2) is 17.2 Å². The molecule has 0 aliphatic carbocycles. The van der Waals surface area contributed by atoms with Crippen LogP contribution in [0.3, 0.4) is 0 Å². The minimum absolute atomic E-state index is 0.108. The highest BCUT2D eigenvalue weighted by atomic mass is 35.5. The number of oxazole rings is 1. The summed E-state index contributed by atoms with van der Waals surface area (Å²) in [5, 5.41) is 22.8. The highest BCUT2D eigenvalue weighted by molar-refractivity contribution is 6.38. The Kier molecular flexibility index (Phi) is 11.6. The minimum atomic E-state index is -1.18. The van der Waals surface area contributed by atoms with Crippen LogP contribution in [0, 0.1) is 6.92 Å². The van der Waals surface area contributed by atoms with E-state index in [1.165, 1.54) is 13.0 Å². The van der Waals surface area contributed by atoms with Crippen molar-refractivity contribution in [3.63, 3.8) is 0 Å². The zero-order valence-corrected chi connectivity index (χ0v) is 26.5. The van der Waals surface area contributed by atoms with Gasteiger partial charge in [-0.25, -0.2) is 14.6 Å². The van der Waals surface area contributed by atoms with Crippen molar-refractivity contribution in [1.29, 1.82) is 0 Å². The third-order valence-corrected chi connectivity index (χ3v) is 7.58. The number of benzene rings is 3. The second kappa shape index (κ2) is 15.4. The quantitative estimate of drug-likeness (QED) is 0.105. The molecule has 1 aromatic heterocycles. The fourth-order valence-electron chi connectivity index (χ4n) is 4.33. The molecule has 0 atom stereocenters. The van der Waals surface area contributed by atoms with E-state index in [1.54, 1.807) is 42.5 Å². The number of aromatic carboxylic acids is 2. The SMILES string of the molecule is Cc1oc(-c2cc(Cl)c(OCCCCCCCOc3c(Cl)cc(Nc4ccccc4C(=O)O)cc3Cl)c(Cl)c2)nc1C(=O)O. The first-order valence-electron chi connectivity index (χ1n) is 13.6. The van der Waals surface area contributed by atoms with Crippen molar-refractivity contribution in [2.24, 2.45) is 0 Å². The monoisotopic (exact) mass is 680 g/mol. The topological polar surface area (TPSA) is 131 Å². The first kappa shape index (κ1) is 33.3. The molecular weight excluding hydrogens is 654 g/mol. The minimum Gasteiger partial charge on any atom is -0.490 e. The summed E-state index contributed by atoms with van der Waals surface area (Å²) in [5.74, 6) is -1.22. The van der Waals surface area contributed by atoms with Gasteiger partial charge in [-0.05, 0) is 56.2 Å². The standard InChI is InChI=1S/C31H28Cl4N2O7/c1-17-26(31(40)41)37-29(44-17)18-13-21(32)27(22(33)14-18)42-11-7-3-2-4-8-12-43-28-23(34)15-19(16-24(28)35)36-25-10-6-5-9-20(25)30(38)39/h5-6,9-10,13-16,36H,2-4,7-8,11-12H2,1H3,(H,38,39)(H,40,41). The molecule has 0 bridgehead atoms. The molecule has 1 heterocycles. The highest BCUT2D eigenvalue weighted by Crippen LogP contribution is 2.39. The number of nitrogens with zero attached hydrogens (tertiary/aromatic N) is 1. The molecule has 0 fully saturated rings. The van der Waals surface area contributed by atoms with Gasteiger partial charge < -0.3 is 29.4 Å². The summed E-state index contributed by atoms with van der Waals surface area (Å²) in [6, 6.07) is 13.0. The largest absolute Gasteiger partial charge is 0.490 e. The van der Waals surface area contributed by atoms with Gasteiger partial charge in [-0.2, -0.15) is 0 Å². The molecule has 0 spiro atoms. The van der Waals surface area contributed by atoms with Crippen molar-refractivity contribution in [3.8, 4) is 23.0 Å². The molecule has 3 N–H and O–H groups in total. The second-order valence-corrected chi connectivity index (χ2v) is 11.3. The fraction of sp³-hybridized carbons (Fsp3) is 0.258. The lowest BCUT2D eigenvalue weighted by atomic mass is 10.1. The number of carbonyl (C=O) groups is 2. The Morgan fingerprint density at radius 1 is 0.795 bits per heavy atom. The average Bonchev–Trinajstić information content (AvgIpc) is 3.36. The van der Waals surface area contributed by atoms with E-state index >= 15 is 0 Å². The predicted molar refractivity (Wildman–Crippen MR) is 171 cm³/mol. The number of hydrogen-bond acceptors (Lipinski definition) is 7. The van der Waals surface area contributed by atoms with Gasteiger partial charge in [0, 0.05) is 11.3 Å². The maximum Gasteiger partial charge on any atom is 0.358 e. The number of halogens is 4. The zero-order chi connectivity index (χ0) is 31.8. The number of carboxylic acids is 2. The van der Waals surface area contributed by atoms with Crippen LogP contribution in [-0.4, -0.2) is 40.3 Å². The number of hydrogen-bond donors (Lipinski definition) is 3. The van der Waals surface area contributed by atoms with Gasteiger partial charge >= 0.3 is 11.9 Å². The fourth-order valence-corrected chi connectivity index (χ4v) is 5.52. The van der Waals surface area contributed by atoms with Gasteiger partial charge in [-0.1, -0.05) is 77.8 Å². The molecule has 4 rings (SSSR count). The number of ether oxygens (including phenoxy) is 2. The van der Waals surface area contributed by atoms with Gasteiger partial charge in [0.25, 0.3) is 0 Å². The smallest absolute Gasteiger partial charge is 0.358 e. The number of anilines is 2. The third-order valence-electron chi connectivity index (χ3n) is 6.46. The van der Waals surface area contributed by atoms with Gasteiger partial charge in [-0.3, -0.25) is 0 Å². The van der Waals surface area contributed by atoms with Crippen LogP contribution in [0.2, 0.25) is 20.1 Å². The summed E-state index contributed by atoms with van der Waals surface area (Å²) >= 11 is 25.6. The molecular formula is C31H28Cl4N2O7. The van der Waals surface area contributed by atoms with E-state index in [-0.39, 0.29) is 33.0 Å². The number of nitrogens with one attached hydrogen (secondary N) is 1. The number of aryl methyl sites for hydroxylation is 1. The molecule has 0 saturated heterocycles. The molecule has 0 amide bonds. The lowest BCUT2D eigenvalue weighted by Gasteiger charge is -2.14. The van der Waals surface area contributed by atoms with Crippen molar-refractivity contribution < 1.29 is 33.7 Å². The van der Waals surface area contributed by atoms with E-state index in [2.05, 4.69) is 10.3 Å².